The number of carboxylic acids is 1. The molecule has 0 aliphatic carbocycles. The Morgan fingerprint density at radius 1 is 0.794 bits per heavy atom. The van der Waals surface area contributed by atoms with Crippen molar-refractivity contribution in [3.05, 3.63) is 175 Å². The Hall–Kier alpha value is -10.6. The number of hydrogen-bond donors (Lipinski definition) is 7. The highest BCUT2D eigenvalue weighted by Gasteiger charge is 2.33. The number of aromatic nitrogens is 4. The Balaban J connectivity index is 0.725. The minimum absolute atomic E-state index is 0.0165. The average Bonchev–Trinajstić information content (AvgIpc) is 1.60. The summed E-state index contributed by atoms with van der Waals surface area (Å²) in [4.78, 5) is 111. The van der Waals surface area contributed by atoms with E-state index in [-0.39, 0.29) is 74.7 Å². The van der Waals surface area contributed by atoms with Crippen LogP contribution in [-0.4, -0.2) is 185 Å². The maximum Gasteiger partial charge on any atom is 0.345 e. The zero-order valence-electron chi connectivity index (χ0n) is 56.2. The number of anilines is 1. The van der Waals surface area contributed by atoms with Crippen molar-refractivity contribution in [2.75, 3.05) is 78.0 Å². The number of piperazine rings is 1. The number of nitrogens with zero attached hydrogens (tertiary/aromatic N) is 7. The number of nitrogens with two attached hydrogens (primary N) is 1. The molecule has 30 heteroatoms. The second-order valence-corrected chi connectivity index (χ2v) is 27.4. The Labute approximate surface area is 591 Å². The molecule has 27 nitrogen and oxygen atoms in total. The molecular formula is C72H78FN12O15S2+. The predicted octanol–water partition coefficient (Wildman–Crippen LogP) is 7.21. The van der Waals surface area contributed by atoms with E-state index in [9.17, 15) is 56.0 Å². The number of amides is 7. The summed E-state index contributed by atoms with van der Waals surface area (Å²) in [5.74, 6) is -3.31. The normalized spacial score (nSPS) is 14.6. The average molecular weight is 1430 g/mol. The number of hydrogen-bond acceptors (Lipinski definition) is 19. The van der Waals surface area contributed by atoms with Gasteiger partial charge in [-0.3, -0.25) is 38.3 Å². The lowest BCUT2D eigenvalue weighted by Gasteiger charge is -2.42. The van der Waals surface area contributed by atoms with Crippen LogP contribution in [0.5, 0.6) is 17.4 Å². The number of rotatable bonds is 34. The fourth-order valence-corrected chi connectivity index (χ4v) is 13.3. The highest BCUT2D eigenvalue weighted by molar-refractivity contribution is 7.85. The van der Waals surface area contributed by atoms with Crippen LogP contribution in [0, 0.1) is 11.7 Å². The van der Waals surface area contributed by atoms with Gasteiger partial charge in [-0.05, 0) is 96.1 Å². The van der Waals surface area contributed by atoms with Crippen molar-refractivity contribution in [3.8, 4) is 50.3 Å². The zero-order valence-corrected chi connectivity index (χ0v) is 57.8. The van der Waals surface area contributed by atoms with Gasteiger partial charge in [0.05, 0.1) is 55.9 Å². The molecule has 8 aromatic rings. The van der Waals surface area contributed by atoms with E-state index in [0.717, 1.165) is 52.5 Å². The van der Waals surface area contributed by atoms with E-state index in [4.69, 9.17) is 24.7 Å². The lowest BCUT2D eigenvalue weighted by Crippen LogP contribution is -2.57. The molecular weight excluding hydrogens is 1360 g/mol. The summed E-state index contributed by atoms with van der Waals surface area (Å²) < 4.78 is 72.7. The van der Waals surface area contributed by atoms with Crippen molar-refractivity contribution >= 4 is 78.9 Å². The molecule has 1 fully saturated rings. The first kappa shape index (κ1) is 74.1. The number of urea groups is 1. The summed E-state index contributed by atoms with van der Waals surface area (Å²) in [6, 6.07) is 32.4. The largest absolute Gasteiger partial charge is 0.492 e. The van der Waals surface area contributed by atoms with Crippen molar-refractivity contribution in [2.24, 2.45) is 11.7 Å². The molecule has 8 N–H and O–H groups in total. The number of fused-ring (bicyclic) bond motifs is 1. The first-order chi connectivity index (χ1) is 48.9. The Morgan fingerprint density at radius 3 is 2.23 bits per heavy atom. The minimum Gasteiger partial charge on any atom is -0.492 e. The van der Waals surface area contributed by atoms with Crippen LogP contribution in [0.4, 0.5) is 14.9 Å². The number of para-hydroxylation sites is 1. The molecule has 7 amide bonds. The maximum atomic E-state index is 14.4. The van der Waals surface area contributed by atoms with Gasteiger partial charge in [0.15, 0.2) is 5.82 Å². The molecule has 102 heavy (non-hydrogen) atoms. The molecule has 0 radical (unpaired) electrons. The highest BCUT2D eigenvalue weighted by Crippen LogP contribution is 2.47. The van der Waals surface area contributed by atoms with E-state index < -0.39 is 75.7 Å². The van der Waals surface area contributed by atoms with Crippen LogP contribution in [0.2, 0.25) is 0 Å². The number of quaternary nitrogens is 1. The van der Waals surface area contributed by atoms with Crippen molar-refractivity contribution in [3.63, 3.8) is 0 Å². The van der Waals surface area contributed by atoms with E-state index in [2.05, 4.69) is 53.2 Å². The third kappa shape index (κ3) is 20.1. The molecule has 2 aliphatic rings. The molecule has 3 aromatic heterocycles. The van der Waals surface area contributed by atoms with E-state index in [1.165, 1.54) is 66.3 Å². The fourth-order valence-electron chi connectivity index (χ4n) is 11.6. The molecule has 5 heterocycles. The monoisotopic (exact) mass is 1430 g/mol. The minimum atomic E-state index is -4.48. The number of aliphatic carboxylic acids is 1. The first-order valence-electron chi connectivity index (χ1n) is 32.9. The Bertz CT molecular complexity index is 4460. The standard InChI is InChI=1S/C72H77FN12O15S2/c1-45(2)64(82-59(86)28-37-97-38-34-84-60(87)25-26-61(84)88)68(90)81-56(11-7-29-76-72(74)93)67(89)80-52-21-13-46(14-22-52)42-85(3)35-31-83(32-36-85)33-39-98-54-23-17-47(18-24-54)62-63-69(77-44-78-70(63)101-65(62)48-15-19-51(73)20-16-48)100-58(71(91)92)41-49-8-4-5-12-57(49)99-43-53-27-30-75-66(79-53)50-9-6-10-55(40-50)102(94,95)96/h4-6,8-10,12-27,30,40,44-45,56,58,64H,7,11,28-29,31-39,41-43H2,1-3H3,(H7-,74,76,80,81,82,86,89,90,91,92,93,94,95,96)/p+1/t56-,58+,64-/m0/s1. The SMILES string of the molecule is CC(C)[C@H](NC(=O)CCOCCN1C(=O)C=CC1=O)C(=O)N[C@@H](CCCNC(N)=O)C(=O)Nc1ccc(C[N+]2(C)CCN(CCOc3ccc(-c4c(-c5ccc(F)cc5)sc5ncnc(O[C@H](Cc6ccccc6OCc6ccnc(-c7cccc(S(=O)(=O)O)c7)n6)C(=O)O)c45)cc3)CC2)cc1. The van der Waals surface area contributed by atoms with Crippen molar-refractivity contribution in [1.29, 1.82) is 0 Å². The molecule has 3 atom stereocenters. The maximum absolute atomic E-state index is 14.4. The molecule has 2 aliphatic heterocycles. The molecule has 1 saturated heterocycles. The third-order valence-electron chi connectivity index (χ3n) is 17.2. The number of primary amides is 1. The van der Waals surface area contributed by atoms with Gasteiger partial charge in [-0.25, -0.2) is 33.9 Å². The molecule has 10 rings (SSSR count). The Morgan fingerprint density at radius 2 is 1.52 bits per heavy atom. The van der Waals surface area contributed by atoms with Gasteiger partial charge >= 0.3 is 12.0 Å². The summed E-state index contributed by atoms with van der Waals surface area (Å²) in [6.45, 7) is 8.79. The second kappa shape index (κ2) is 34.2. The zero-order chi connectivity index (χ0) is 72.5. The quantitative estimate of drug-likeness (QED) is 0.00906. The van der Waals surface area contributed by atoms with Gasteiger partial charge in [0.1, 0.15) is 60.3 Å². The number of benzene rings is 5. The van der Waals surface area contributed by atoms with Gasteiger partial charge in [0.25, 0.3) is 21.9 Å². The number of nitrogens with one attached hydrogen (secondary N) is 4. The van der Waals surface area contributed by atoms with E-state index >= 15 is 0 Å². The Kier molecular flexibility index (Phi) is 24.8. The van der Waals surface area contributed by atoms with Crippen LogP contribution >= 0.6 is 11.3 Å². The van der Waals surface area contributed by atoms with Gasteiger partial charge in [-0.1, -0.05) is 80.6 Å². The smallest absolute Gasteiger partial charge is 0.345 e. The van der Waals surface area contributed by atoms with Crippen molar-refractivity contribution < 1.29 is 79.5 Å². The number of carboxylic acid groups (broad SMARTS) is 1. The summed E-state index contributed by atoms with van der Waals surface area (Å²) in [7, 11) is -2.27. The summed E-state index contributed by atoms with van der Waals surface area (Å²) in [6.07, 6.45) is 3.85. The molecule has 0 unspecified atom stereocenters. The second-order valence-electron chi connectivity index (χ2n) is 25.0. The lowest BCUT2D eigenvalue weighted by molar-refractivity contribution is -0.926. The fraction of sp³-hybridized carbons (Fsp3) is 0.319. The van der Waals surface area contributed by atoms with E-state index in [1.807, 2.05) is 48.5 Å². The molecule has 534 valence electrons. The van der Waals surface area contributed by atoms with Crippen molar-refractivity contribution in [1.82, 2.24) is 45.7 Å². The van der Waals surface area contributed by atoms with Crippen LogP contribution in [0.25, 0.3) is 43.2 Å². The van der Waals surface area contributed by atoms with Crippen LogP contribution in [0.3, 0.4) is 0 Å². The van der Waals surface area contributed by atoms with Crippen LogP contribution in [-0.2, 0) is 63.2 Å². The number of imide groups is 1. The highest BCUT2D eigenvalue weighted by atomic mass is 32.2. The van der Waals surface area contributed by atoms with Crippen LogP contribution < -0.4 is 41.2 Å². The predicted molar refractivity (Wildman–Crippen MR) is 376 cm³/mol. The lowest BCUT2D eigenvalue weighted by atomic mass is 9.99. The van der Waals surface area contributed by atoms with Crippen LogP contribution in [0.1, 0.15) is 49.9 Å². The number of likely N-dealkylation sites (N-methyl/N-ethyl adjacent to an activating group) is 1. The summed E-state index contributed by atoms with van der Waals surface area (Å²) >= 11 is 1.32. The third-order valence-corrected chi connectivity index (χ3v) is 19.2. The van der Waals surface area contributed by atoms with Gasteiger partial charge in [-0.15, -0.1) is 11.3 Å². The number of carbonyl (C=O) groups excluding carboxylic acids is 6. The van der Waals surface area contributed by atoms with Crippen LogP contribution in [0.15, 0.2) is 157 Å². The topological polar surface area (TPSA) is 363 Å². The molecule has 0 bridgehead atoms. The summed E-state index contributed by atoms with van der Waals surface area (Å²) in [5, 5.41) is 22.1. The van der Waals surface area contributed by atoms with Gasteiger partial charge < -0.3 is 55.5 Å². The van der Waals surface area contributed by atoms with Gasteiger partial charge in [0, 0.05) is 84.6 Å². The molecule has 5 aromatic carbocycles. The first-order valence-corrected chi connectivity index (χ1v) is 35.2. The van der Waals surface area contributed by atoms with E-state index in [1.54, 1.807) is 62.4 Å². The van der Waals surface area contributed by atoms with Crippen molar-refractivity contribution in [2.45, 2.75) is 75.8 Å². The molecule has 0 saturated carbocycles. The van der Waals surface area contributed by atoms with E-state index in [0.29, 0.717) is 80.5 Å². The number of ether oxygens (including phenoxy) is 4. The van der Waals surface area contributed by atoms with Gasteiger partial charge in [-0.2, -0.15) is 8.42 Å². The molecule has 0 spiro atoms. The van der Waals surface area contributed by atoms with Gasteiger partial charge in [0.2, 0.25) is 29.7 Å². The number of halogens is 1. The number of carbonyl (C=O) groups is 7. The number of thiophene rings is 1. The summed E-state index contributed by atoms with van der Waals surface area (Å²) in [5.41, 5.74) is 10.2.